The summed E-state index contributed by atoms with van der Waals surface area (Å²) < 4.78 is 0. The summed E-state index contributed by atoms with van der Waals surface area (Å²) in [7, 11) is 0. The van der Waals surface area contributed by atoms with E-state index in [1.54, 1.807) is 0 Å². The van der Waals surface area contributed by atoms with Crippen molar-refractivity contribution in [1.82, 2.24) is 10.2 Å². The highest BCUT2D eigenvalue weighted by Gasteiger charge is 2.34. The molecule has 1 aromatic rings. The number of hydrogen-bond acceptors (Lipinski definition) is 3. The van der Waals surface area contributed by atoms with Gasteiger partial charge in [0.2, 0.25) is 5.91 Å². The number of piperidine rings is 1. The minimum absolute atomic E-state index is 0. The van der Waals surface area contributed by atoms with Crippen LogP contribution in [0.25, 0.3) is 0 Å². The number of hydrogen-bond donors (Lipinski definition) is 1. The molecule has 2 fully saturated rings. The van der Waals surface area contributed by atoms with Crippen molar-refractivity contribution in [2.45, 2.75) is 31.8 Å². The molecule has 0 aromatic heterocycles. The first-order valence-corrected chi connectivity index (χ1v) is 9.55. The molecule has 1 unspecified atom stereocenters. The standard InChI is InChI=1S/C17H23ClN2OS.ClH/c1-12-10-14(6-7-19-12)17(21)20-8-9-22-11-16(20)13-2-4-15(18)5-3-13;/h2-5,12,14,16,19H,6-11H2,1H3;1H/t12-,14-,16?;/m0./s1. The van der Waals surface area contributed by atoms with Gasteiger partial charge in [0.25, 0.3) is 0 Å². The molecule has 0 spiro atoms. The molecule has 0 radical (unpaired) electrons. The van der Waals surface area contributed by atoms with E-state index in [0.717, 1.165) is 42.5 Å². The Hall–Kier alpha value is -0.420. The third-order valence-corrected chi connectivity index (χ3v) is 5.91. The molecule has 0 saturated carbocycles. The van der Waals surface area contributed by atoms with E-state index < -0.39 is 0 Å². The zero-order chi connectivity index (χ0) is 15.5. The van der Waals surface area contributed by atoms with E-state index in [1.165, 1.54) is 5.56 Å². The maximum Gasteiger partial charge on any atom is 0.226 e. The minimum atomic E-state index is 0. The molecule has 128 valence electrons. The summed E-state index contributed by atoms with van der Waals surface area (Å²) in [6.45, 7) is 3.98. The molecular formula is C17H24Cl2N2OS. The Morgan fingerprint density at radius 3 is 2.78 bits per heavy atom. The van der Waals surface area contributed by atoms with Crippen molar-refractivity contribution < 1.29 is 4.79 Å². The van der Waals surface area contributed by atoms with Crippen LogP contribution in [0.15, 0.2) is 24.3 Å². The summed E-state index contributed by atoms with van der Waals surface area (Å²) in [6.07, 6.45) is 1.91. The average molecular weight is 375 g/mol. The predicted molar refractivity (Wildman–Crippen MR) is 101 cm³/mol. The van der Waals surface area contributed by atoms with E-state index >= 15 is 0 Å². The predicted octanol–water partition coefficient (Wildman–Crippen LogP) is 3.77. The topological polar surface area (TPSA) is 32.3 Å². The largest absolute Gasteiger partial charge is 0.334 e. The summed E-state index contributed by atoms with van der Waals surface area (Å²) in [5, 5.41) is 4.18. The van der Waals surface area contributed by atoms with Crippen molar-refractivity contribution in [2.75, 3.05) is 24.6 Å². The van der Waals surface area contributed by atoms with Gasteiger partial charge in [-0.05, 0) is 44.0 Å². The molecule has 2 heterocycles. The quantitative estimate of drug-likeness (QED) is 0.854. The molecule has 0 bridgehead atoms. The second-order valence-corrected chi connectivity index (χ2v) is 7.84. The summed E-state index contributed by atoms with van der Waals surface area (Å²) in [5.41, 5.74) is 1.20. The van der Waals surface area contributed by atoms with Crippen molar-refractivity contribution in [3.05, 3.63) is 34.9 Å². The van der Waals surface area contributed by atoms with Gasteiger partial charge in [0, 0.05) is 35.0 Å². The van der Waals surface area contributed by atoms with Gasteiger partial charge in [0.15, 0.2) is 0 Å². The second-order valence-electron chi connectivity index (χ2n) is 6.25. The third-order valence-electron chi connectivity index (χ3n) is 4.64. The van der Waals surface area contributed by atoms with E-state index in [4.69, 9.17) is 11.6 Å². The number of amides is 1. The molecule has 1 amide bonds. The van der Waals surface area contributed by atoms with Gasteiger partial charge in [-0.3, -0.25) is 4.79 Å². The Balaban J connectivity index is 0.00000192. The highest BCUT2D eigenvalue weighted by Crippen LogP contribution is 2.33. The normalized spacial score (nSPS) is 28.1. The number of rotatable bonds is 2. The highest BCUT2D eigenvalue weighted by atomic mass is 35.5. The Bertz CT molecular complexity index is 526. The molecule has 0 aliphatic carbocycles. The van der Waals surface area contributed by atoms with Crippen molar-refractivity contribution in [3.8, 4) is 0 Å². The zero-order valence-corrected chi connectivity index (χ0v) is 15.7. The van der Waals surface area contributed by atoms with Crippen LogP contribution >= 0.6 is 35.8 Å². The van der Waals surface area contributed by atoms with Gasteiger partial charge in [0.1, 0.15) is 0 Å². The first kappa shape index (κ1) is 18.9. The maximum absolute atomic E-state index is 13.0. The summed E-state index contributed by atoms with van der Waals surface area (Å²) in [5.74, 6) is 2.53. The Morgan fingerprint density at radius 1 is 1.35 bits per heavy atom. The van der Waals surface area contributed by atoms with E-state index in [0.29, 0.717) is 11.9 Å². The fourth-order valence-corrected chi connectivity index (χ4v) is 4.63. The average Bonchev–Trinajstić information content (AvgIpc) is 2.55. The Labute approximate surface area is 153 Å². The molecule has 2 aliphatic rings. The maximum atomic E-state index is 13.0. The number of thioether (sulfide) groups is 1. The minimum Gasteiger partial charge on any atom is -0.334 e. The second kappa shape index (κ2) is 8.61. The van der Waals surface area contributed by atoms with Crippen LogP contribution in [0, 0.1) is 5.92 Å². The lowest BCUT2D eigenvalue weighted by Crippen LogP contribution is -2.47. The van der Waals surface area contributed by atoms with Gasteiger partial charge in [-0.15, -0.1) is 12.4 Å². The van der Waals surface area contributed by atoms with Crippen molar-refractivity contribution in [2.24, 2.45) is 5.92 Å². The number of halogens is 2. The van der Waals surface area contributed by atoms with E-state index in [1.807, 2.05) is 23.9 Å². The highest BCUT2D eigenvalue weighted by molar-refractivity contribution is 7.99. The van der Waals surface area contributed by atoms with Gasteiger partial charge in [0.05, 0.1) is 6.04 Å². The van der Waals surface area contributed by atoms with Crippen molar-refractivity contribution in [1.29, 1.82) is 0 Å². The van der Waals surface area contributed by atoms with Crippen LogP contribution in [0.2, 0.25) is 5.02 Å². The fourth-order valence-electron chi connectivity index (χ4n) is 3.42. The molecule has 3 nitrogen and oxygen atoms in total. The summed E-state index contributed by atoms with van der Waals surface area (Å²) in [4.78, 5) is 15.1. The van der Waals surface area contributed by atoms with Gasteiger partial charge >= 0.3 is 0 Å². The molecule has 2 saturated heterocycles. The Morgan fingerprint density at radius 2 is 2.09 bits per heavy atom. The lowest BCUT2D eigenvalue weighted by atomic mass is 9.91. The molecular weight excluding hydrogens is 351 g/mol. The number of carbonyl (C=O) groups is 1. The smallest absolute Gasteiger partial charge is 0.226 e. The van der Waals surface area contributed by atoms with Crippen LogP contribution in [0.1, 0.15) is 31.4 Å². The van der Waals surface area contributed by atoms with Gasteiger partial charge in [-0.1, -0.05) is 23.7 Å². The molecule has 23 heavy (non-hydrogen) atoms. The van der Waals surface area contributed by atoms with E-state index in [2.05, 4.69) is 29.3 Å². The first-order valence-electron chi connectivity index (χ1n) is 8.02. The van der Waals surface area contributed by atoms with Crippen LogP contribution in [0.3, 0.4) is 0 Å². The molecule has 6 heteroatoms. The van der Waals surface area contributed by atoms with Crippen molar-refractivity contribution >= 4 is 41.7 Å². The van der Waals surface area contributed by atoms with Crippen LogP contribution in [-0.2, 0) is 4.79 Å². The Kier molecular flexibility index (Phi) is 7.08. The molecule has 1 aromatic carbocycles. The van der Waals surface area contributed by atoms with Gasteiger partial charge < -0.3 is 10.2 Å². The monoisotopic (exact) mass is 374 g/mol. The molecule has 2 aliphatic heterocycles. The van der Waals surface area contributed by atoms with Crippen LogP contribution in [-0.4, -0.2) is 41.4 Å². The summed E-state index contributed by atoms with van der Waals surface area (Å²) in [6, 6.07) is 8.59. The lowest BCUT2D eigenvalue weighted by molar-refractivity contribution is -0.138. The van der Waals surface area contributed by atoms with Crippen LogP contribution in [0.4, 0.5) is 0 Å². The van der Waals surface area contributed by atoms with Crippen LogP contribution < -0.4 is 5.32 Å². The molecule has 3 atom stereocenters. The number of benzene rings is 1. The molecule has 1 N–H and O–H groups in total. The number of nitrogens with one attached hydrogen (secondary N) is 1. The summed E-state index contributed by atoms with van der Waals surface area (Å²) >= 11 is 7.93. The third kappa shape index (κ3) is 4.56. The van der Waals surface area contributed by atoms with Crippen LogP contribution in [0.5, 0.6) is 0 Å². The van der Waals surface area contributed by atoms with Gasteiger partial charge in [-0.25, -0.2) is 0 Å². The SMILES string of the molecule is C[C@H]1C[C@@H](C(=O)N2CCSCC2c2ccc(Cl)cc2)CCN1.Cl. The first-order chi connectivity index (χ1) is 10.6. The fraction of sp³-hybridized carbons (Fsp3) is 0.588. The molecule has 3 rings (SSSR count). The number of nitrogens with zero attached hydrogens (tertiary/aromatic N) is 1. The zero-order valence-electron chi connectivity index (χ0n) is 13.3. The number of carbonyl (C=O) groups excluding carboxylic acids is 1. The van der Waals surface area contributed by atoms with Crippen molar-refractivity contribution in [3.63, 3.8) is 0 Å². The van der Waals surface area contributed by atoms with Gasteiger partial charge in [-0.2, -0.15) is 11.8 Å². The van der Waals surface area contributed by atoms with E-state index in [9.17, 15) is 4.79 Å². The lowest BCUT2D eigenvalue weighted by Gasteiger charge is -2.39. The van der Waals surface area contributed by atoms with E-state index in [-0.39, 0.29) is 24.4 Å².